The molecule has 0 aromatic heterocycles. The highest BCUT2D eigenvalue weighted by atomic mass is 15.3. The van der Waals surface area contributed by atoms with Crippen molar-refractivity contribution in [2.24, 2.45) is 0 Å². The molecule has 2 fully saturated rings. The molecule has 0 aromatic rings. The average Bonchev–Trinajstić information content (AvgIpc) is 2.29. The third kappa shape index (κ3) is 1.62. The average molecular weight is 182 g/mol. The quantitative estimate of drug-likeness (QED) is 0.561. The maximum atomic E-state index is 2.65. The van der Waals surface area contributed by atoms with E-state index in [1.807, 2.05) is 0 Å². The fourth-order valence-electron chi connectivity index (χ4n) is 2.66. The lowest BCUT2D eigenvalue weighted by Gasteiger charge is -2.45. The number of likely N-dealkylation sites (tertiary alicyclic amines) is 1. The molecule has 13 heavy (non-hydrogen) atoms. The molecule has 0 aromatic carbocycles. The minimum atomic E-state index is 0.363. The Bertz CT molecular complexity index is 181. The maximum absolute atomic E-state index is 2.65. The van der Waals surface area contributed by atoms with Gasteiger partial charge in [0.15, 0.2) is 0 Å². The molecule has 0 amide bonds. The SMILES string of the molecule is CN1C2CCC1CN(C(C)(C)C)C2. The van der Waals surface area contributed by atoms with Gasteiger partial charge in [-0.2, -0.15) is 0 Å². The first-order chi connectivity index (χ1) is 5.98. The Morgan fingerprint density at radius 2 is 1.46 bits per heavy atom. The lowest BCUT2D eigenvalue weighted by atomic mass is 10.0. The van der Waals surface area contributed by atoms with E-state index >= 15 is 0 Å². The lowest BCUT2D eigenvalue weighted by Crippen LogP contribution is -2.57. The van der Waals surface area contributed by atoms with Crippen LogP contribution in [0.25, 0.3) is 0 Å². The van der Waals surface area contributed by atoms with Crippen LogP contribution in [0.15, 0.2) is 0 Å². The first-order valence-electron chi connectivity index (χ1n) is 5.45. The zero-order chi connectivity index (χ0) is 9.64. The van der Waals surface area contributed by atoms with E-state index in [-0.39, 0.29) is 0 Å². The summed E-state index contributed by atoms with van der Waals surface area (Å²) in [6.07, 6.45) is 2.82. The summed E-state index contributed by atoms with van der Waals surface area (Å²) in [4.78, 5) is 5.23. The molecule has 0 N–H and O–H groups in total. The van der Waals surface area contributed by atoms with Crippen LogP contribution in [-0.4, -0.2) is 47.6 Å². The summed E-state index contributed by atoms with van der Waals surface area (Å²) >= 11 is 0. The van der Waals surface area contributed by atoms with Crippen LogP contribution in [0.4, 0.5) is 0 Å². The van der Waals surface area contributed by atoms with Gasteiger partial charge in [0.1, 0.15) is 0 Å². The van der Waals surface area contributed by atoms with Crippen LogP contribution in [0.3, 0.4) is 0 Å². The standard InChI is InChI=1S/C11H22N2/c1-11(2,3)13-7-9-5-6-10(8-13)12(9)4/h9-10H,5-8H2,1-4H3. The third-order valence-corrected chi connectivity index (χ3v) is 3.80. The van der Waals surface area contributed by atoms with Crippen molar-refractivity contribution < 1.29 is 0 Å². The summed E-state index contributed by atoms with van der Waals surface area (Å²) < 4.78 is 0. The number of hydrogen-bond acceptors (Lipinski definition) is 2. The number of rotatable bonds is 0. The Morgan fingerprint density at radius 3 is 1.85 bits per heavy atom. The first kappa shape index (κ1) is 9.47. The molecule has 0 saturated carbocycles. The minimum absolute atomic E-state index is 0.363. The van der Waals surface area contributed by atoms with E-state index in [9.17, 15) is 0 Å². The van der Waals surface area contributed by atoms with E-state index < -0.39 is 0 Å². The van der Waals surface area contributed by atoms with E-state index in [4.69, 9.17) is 0 Å². The number of nitrogens with zero attached hydrogens (tertiary/aromatic N) is 2. The van der Waals surface area contributed by atoms with Crippen LogP contribution in [0.2, 0.25) is 0 Å². The largest absolute Gasteiger partial charge is 0.298 e. The number of hydrogen-bond donors (Lipinski definition) is 0. The normalized spacial score (nSPS) is 36.9. The Morgan fingerprint density at radius 1 is 1.00 bits per heavy atom. The predicted octanol–water partition coefficient (Wildman–Crippen LogP) is 1.56. The summed E-state index contributed by atoms with van der Waals surface area (Å²) in [6.45, 7) is 9.54. The van der Waals surface area contributed by atoms with Gasteiger partial charge >= 0.3 is 0 Å². The summed E-state index contributed by atoms with van der Waals surface area (Å²) in [5.41, 5.74) is 0.363. The Hall–Kier alpha value is -0.0800. The molecule has 2 saturated heterocycles. The molecule has 2 aliphatic heterocycles. The van der Waals surface area contributed by atoms with E-state index in [2.05, 4.69) is 37.6 Å². The number of likely N-dealkylation sites (N-methyl/N-ethyl adjacent to an activating group) is 1. The molecule has 2 bridgehead atoms. The predicted molar refractivity (Wildman–Crippen MR) is 55.9 cm³/mol. The van der Waals surface area contributed by atoms with Crippen molar-refractivity contribution in [3.05, 3.63) is 0 Å². The van der Waals surface area contributed by atoms with Gasteiger partial charge in [-0.1, -0.05) is 0 Å². The van der Waals surface area contributed by atoms with Crippen molar-refractivity contribution in [1.29, 1.82) is 0 Å². The number of fused-ring (bicyclic) bond motifs is 2. The van der Waals surface area contributed by atoms with Gasteiger partial charge in [-0.15, -0.1) is 0 Å². The van der Waals surface area contributed by atoms with Crippen molar-refractivity contribution in [2.45, 2.75) is 51.2 Å². The molecular weight excluding hydrogens is 160 g/mol. The van der Waals surface area contributed by atoms with Gasteiger partial charge in [0.25, 0.3) is 0 Å². The Labute approximate surface area is 81.9 Å². The second-order valence-electron chi connectivity index (χ2n) is 5.63. The van der Waals surface area contributed by atoms with Gasteiger partial charge in [-0.25, -0.2) is 0 Å². The van der Waals surface area contributed by atoms with Gasteiger partial charge in [0, 0.05) is 30.7 Å². The van der Waals surface area contributed by atoms with Crippen molar-refractivity contribution in [2.75, 3.05) is 20.1 Å². The second-order valence-corrected chi connectivity index (χ2v) is 5.63. The maximum Gasteiger partial charge on any atom is 0.0224 e. The Balaban J connectivity index is 2.07. The minimum Gasteiger partial charge on any atom is -0.298 e. The molecule has 2 aliphatic rings. The van der Waals surface area contributed by atoms with E-state index in [0.29, 0.717) is 5.54 Å². The van der Waals surface area contributed by atoms with Crippen LogP contribution in [-0.2, 0) is 0 Å². The molecule has 2 heteroatoms. The van der Waals surface area contributed by atoms with Crippen LogP contribution < -0.4 is 0 Å². The summed E-state index contributed by atoms with van der Waals surface area (Å²) in [7, 11) is 2.29. The molecule has 0 radical (unpaired) electrons. The first-order valence-corrected chi connectivity index (χ1v) is 5.45. The zero-order valence-electron chi connectivity index (χ0n) is 9.38. The summed E-state index contributed by atoms with van der Waals surface area (Å²) in [5.74, 6) is 0. The fourth-order valence-corrected chi connectivity index (χ4v) is 2.66. The smallest absolute Gasteiger partial charge is 0.0224 e. The van der Waals surface area contributed by atoms with Crippen molar-refractivity contribution in [3.8, 4) is 0 Å². The molecule has 2 unspecified atom stereocenters. The van der Waals surface area contributed by atoms with Crippen LogP contribution >= 0.6 is 0 Å². The van der Waals surface area contributed by atoms with Gasteiger partial charge in [-0.05, 0) is 40.7 Å². The van der Waals surface area contributed by atoms with Gasteiger partial charge in [0.05, 0.1) is 0 Å². The molecule has 0 spiro atoms. The highest BCUT2D eigenvalue weighted by Gasteiger charge is 2.40. The summed E-state index contributed by atoms with van der Waals surface area (Å²) in [5, 5.41) is 0. The molecule has 2 heterocycles. The highest BCUT2D eigenvalue weighted by molar-refractivity contribution is 4.97. The van der Waals surface area contributed by atoms with Crippen molar-refractivity contribution in [3.63, 3.8) is 0 Å². The molecule has 0 aliphatic carbocycles. The van der Waals surface area contributed by atoms with E-state index in [1.165, 1.54) is 25.9 Å². The molecule has 2 rings (SSSR count). The van der Waals surface area contributed by atoms with Gasteiger partial charge in [-0.3, -0.25) is 9.80 Å². The van der Waals surface area contributed by atoms with Crippen molar-refractivity contribution >= 4 is 0 Å². The second kappa shape index (κ2) is 2.96. The van der Waals surface area contributed by atoms with Crippen LogP contribution in [0.5, 0.6) is 0 Å². The van der Waals surface area contributed by atoms with Gasteiger partial charge in [0.2, 0.25) is 0 Å². The lowest BCUT2D eigenvalue weighted by molar-refractivity contribution is 0.0294. The topological polar surface area (TPSA) is 6.48 Å². The molecular formula is C11H22N2. The fraction of sp³-hybridized carbons (Fsp3) is 1.00. The van der Waals surface area contributed by atoms with E-state index in [0.717, 1.165) is 12.1 Å². The molecule has 2 atom stereocenters. The monoisotopic (exact) mass is 182 g/mol. The van der Waals surface area contributed by atoms with Crippen molar-refractivity contribution in [1.82, 2.24) is 9.80 Å². The highest BCUT2D eigenvalue weighted by Crippen LogP contribution is 2.31. The van der Waals surface area contributed by atoms with Crippen LogP contribution in [0, 0.1) is 0 Å². The third-order valence-electron chi connectivity index (χ3n) is 3.80. The van der Waals surface area contributed by atoms with Gasteiger partial charge < -0.3 is 0 Å². The Kier molecular flexibility index (Phi) is 2.16. The number of piperazine rings is 1. The van der Waals surface area contributed by atoms with Crippen LogP contribution in [0.1, 0.15) is 33.6 Å². The summed E-state index contributed by atoms with van der Waals surface area (Å²) in [6, 6.07) is 1.66. The van der Waals surface area contributed by atoms with E-state index in [1.54, 1.807) is 0 Å². The molecule has 76 valence electrons. The zero-order valence-corrected chi connectivity index (χ0v) is 9.38. The molecule has 2 nitrogen and oxygen atoms in total.